The number of ether oxygens (including phenoxy) is 1. The van der Waals surface area contributed by atoms with Crippen molar-refractivity contribution in [3.05, 3.63) is 95.1 Å². The third-order valence-electron chi connectivity index (χ3n) is 8.36. The normalized spacial score (nSPS) is 11.6. The minimum absolute atomic E-state index is 0.123. The number of hydrogen-bond acceptors (Lipinski definition) is 6. The van der Waals surface area contributed by atoms with E-state index >= 15 is 0 Å². The predicted octanol–water partition coefficient (Wildman–Crippen LogP) is 5.84. The molecular formula is C37H39N7O6. The van der Waals surface area contributed by atoms with Crippen LogP contribution in [0.4, 0.5) is 41.9 Å². The first-order valence-corrected chi connectivity index (χ1v) is 16.5. The topological polar surface area (TPSA) is 182 Å². The maximum Gasteiger partial charge on any atom is 0.411 e. The molecule has 258 valence electrons. The van der Waals surface area contributed by atoms with Crippen LogP contribution in [0.1, 0.15) is 35.6 Å². The number of nitrogens with one attached hydrogen (secondary N) is 7. The molecule has 0 bridgehead atoms. The Morgan fingerprint density at radius 2 is 0.980 bits per heavy atom. The molecule has 50 heavy (non-hydrogen) atoms. The van der Waals surface area contributed by atoms with E-state index in [1.807, 2.05) is 79.7 Å². The van der Waals surface area contributed by atoms with Crippen molar-refractivity contribution in [1.29, 1.82) is 0 Å². The predicted molar refractivity (Wildman–Crippen MR) is 193 cm³/mol. The molecule has 4 aromatic carbocycles. The van der Waals surface area contributed by atoms with Gasteiger partial charge in [-0.15, -0.1) is 0 Å². The zero-order valence-corrected chi connectivity index (χ0v) is 27.6. The highest BCUT2D eigenvalue weighted by atomic mass is 16.5. The van der Waals surface area contributed by atoms with Crippen LogP contribution in [0.2, 0.25) is 0 Å². The molecule has 13 nitrogen and oxygen atoms in total. The highest BCUT2D eigenvalue weighted by molar-refractivity contribution is 5.93. The number of aliphatic hydroxyl groups excluding tert-OH is 1. The van der Waals surface area contributed by atoms with Crippen molar-refractivity contribution in [1.82, 2.24) is 16.0 Å². The van der Waals surface area contributed by atoms with Gasteiger partial charge in [-0.25, -0.2) is 19.2 Å². The van der Waals surface area contributed by atoms with Crippen LogP contribution in [0.5, 0.6) is 0 Å². The summed E-state index contributed by atoms with van der Waals surface area (Å²) < 4.78 is 5.32. The molecule has 0 saturated heterocycles. The number of amides is 7. The van der Waals surface area contributed by atoms with Crippen molar-refractivity contribution in [3.8, 4) is 22.3 Å². The van der Waals surface area contributed by atoms with Gasteiger partial charge >= 0.3 is 24.2 Å². The van der Waals surface area contributed by atoms with E-state index in [0.29, 0.717) is 49.4 Å². The van der Waals surface area contributed by atoms with Gasteiger partial charge in [0.15, 0.2) is 0 Å². The molecule has 0 atom stereocenters. The zero-order valence-electron chi connectivity index (χ0n) is 27.6. The molecule has 2 aliphatic carbocycles. The molecule has 6 rings (SSSR count). The molecule has 2 aliphatic rings. The second-order valence-electron chi connectivity index (χ2n) is 11.9. The fraction of sp³-hybridized carbons (Fsp3) is 0.243. The van der Waals surface area contributed by atoms with Crippen molar-refractivity contribution in [2.75, 3.05) is 54.1 Å². The second kappa shape index (κ2) is 15.4. The van der Waals surface area contributed by atoms with E-state index in [-0.39, 0.29) is 37.9 Å². The van der Waals surface area contributed by atoms with Gasteiger partial charge in [-0.05, 0) is 119 Å². The van der Waals surface area contributed by atoms with Gasteiger partial charge in [0.2, 0.25) is 0 Å². The van der Waals surface area contributed by atoms with E-state index in [2.05, 4.69) is 37.2 Å². The monoisotopic (exact) mass is 677 g/mol. The lowest BCUT2D eigenvalue weighted by Crippen LogP contribution is -2.30. The number of fused-ring (bicyclic) bond motifs is 6. The first-order valence-electron chi connectivity index (χ1n) is 16.5. The number of hydrogen-bond donors (Lipinski definition) is 8. The number of carbonyl (C=O) groups excluding carboxylic acids is 4. The van der Waals surface area contributed by atoms with E-state index in [1.165, 1.54) is 0 Å². The molecule has 0 spiro atoms. The van der Waals surface area contributed by atoms with Gasteiger partial charge in [0.25, 0.3) is 0 Å². The van der Waals surface area contributed by atoms with E-state index in [0.717, 1.165) is 50.2 Å². The number of anilines is 4. The molecule has 7 amide bonds. The van der Waals surface area contributed by atoms with E-state index in [9.17, 15) is 19.2 Å². The van der Waals surface area contributed by atoms with Gasteiger partial charge in [-0.3, -0.25) is 5.32 Å². The summed E-state index contributed by atoms with van der Waals surface area (Å²) in [6.45, 7) is 2.89. The summed E-state index contributed by atoms with van der Waals surface area (Å²) in [6.07, 6.45) is 1.19. The largest absolute Gasteiger partial charge is 0.449 e. The molecule has 0 radical (unpaired) electrons. The quantitative estimate of drug-likeness (QED) is 0.0797. The van der Waals surface area contributed by atoms with Crippen LogP contribution < -0.4 is 37.2 Å². The van der Waals surface area contributed by atoms with Gasteiger partial charge in [-0.1, -0.05) is 24.3 Å². The average molecular weight is 678 g/mol. The van der Waals surface area contributed by atoms with E-state index in [1.54, 1.807) is 0 Å². The van der Waals surface area contributed by atoms with E-state index < -0.39 is 6.09 Å². The fourth-order valence-corrected chi connectivity index (χ4v) is 6.18. The number of carbonyl (C=O) groups is 4. The summed E-state index contributed by atoms with van der Waals surface area (Å²) >= 11 is 0. The van der Waals surface area contributed by atoms with Crippen LogP contribution in [0.25, 0.3) is 22.3 Å². The van der Waals surface area contributed by atoms with Crippen molar-refractivity contribution in [3.63, 3.8) is 0 Å². The van der Waals surface area contributed by atoms with E-state index in [4.69, 9.17) is 9.84 Å². The van der Waals surface area contributed by atoms with Crippen LogP contribution in [0.3, 0.4) is 0 Å². The fourth-order valence-electron chi connectivity index (χ4n) is 6.18. The number of rotatable bonds is 11. The zero-order chi connectivity index (χ0) is 35.0. The minimum atomic E-state index is -0.587. The first kappa shape index (κ1) is 33.8. The molecular weight excluding hydrogens is 638 g/mol. The Morgan fingerprint density at radius 3 is 1.40 bits per heavy atom. The SMILES string of the molecule is CCNC(=O)Nc1ccc2c(c1)Cc1cc(NC(=O)NCCCOC(=O)Nc3ccc4c(c3)Cc3cc(NC(=O)NCCO)ccc3-4)ccc1-2. The van der Waals surface area contributed by atoms with Crippen molar-refractivity contribution >= 4 is 46.9 Å². The van der Waals surface area contributed by atoms with Gasteiger partial charge in [-0.2, -0.15) is 0 Å². The lowest BCUT2D eigenvalue weighted by atomic mass is 10.1. The molecule has 0 aliphatic heterocycles. The summed E-state index contributed by atoms with van der Waals surface area (Å²) in [5.74, 6) is 0. The maximum atomic E-state index is 12.5. The van der Waals surface area contributed by atoms with Crippen LogP contribution in [0, 0.1) is 0 Å². The smallest absolute Gasteiger partial charge is 0.411 e. The van der Waals surface area contributed by atoms with Gasteiger partial charge in [0, 0.05) is 42.4 Å². The van der Waals surface area contributed by atoms with Gasteiger partial charge in [0.05, 0.1) is 13.2 Å². The van der Waals surface area contributed by atoms with Gasteiger partial charge < -0.3 is 41.7 Å². The lowest BCUT2D eigenvalue weighted by Gasteiger charge is -2.11. The van der Waals surface area contributed by atoms with Crippen molar-refractivity contribution in [2.24, 2.45) is 0 Å². The molecule has 0 unspecified atom stereocenters. The standard InChI is InChI=1S/C37H39N7O6/c1-2-38-34(46)41-26-4-8-30-22(18-26)16-23-19-27(5-9-31(23)30)42-35(47)39-12-3-15-50-37(49)44-29-7-11-33-25(21-29)17-24-20-28(6-10-32(24)33)43-36(48)40-13-14-45/h4-11,18-21,45H,2-3,12-17H2,1H3,(H,44,49)(H2,38,41,46)(H2,39,42,47)(H2,40,43,48). The van der Waals surface area contributed by atoms with Crippen LogP contribution >= 0.6 is 0 Å². The maximum absolute atomic E-state index is 12.5. The summed E-state index contributed by atoms with van der Waals surface area (Å²) in [7, 11) is 0. The number of benzene rings is 4. The summed E-state index contributed by atoms with van der Waals surface area (Å²) in [6, 6.07) is 22.0. The highest BCUT2D eigenvalue weighted by Crippen LogP contribution is 2.40. The Morgan fingerprint density at radius 1 is 0.580 bits per heavy atom. The molecule has 4 aromatic rings. The average Bonchev–Trinajstić information content (AvgIpc) is 3.63. The van der Waals surface area contributed by atoms with Gasteiger partial charge in [0.1, 0.15) is 0 Å². The first-order chi connectivity index (χ1) is 24.3. The van der Waals surface area contributed by atoms with Crippen LogP contribution in [0.15, 0.2) is 72.8 Å². The van der Waals surface area contributed by atoms with Crippen LogP contribution in [-0.2, 0) is 17.6 Å². The van der Waals surface area contributed by atoms with Crippen molar-refractivity contribution < 1.29 is 29.0 Å². The summed E-state index contributed by atoms with van der Waals surface area (Å²) in [4.78, 5) is 48.8. The number of aliphatic hydroxyl groups is 1. The Hall–Kier alpha value is -6.08. The van der Waals surface area contributed by atoms with Crippen LogP contribution in [-0.4, -0.2) is 62.1 Å². The Balaban J connectivity index is 0.907. The van der Waals surface area contributed by atoms with Crippen molar-refractivity contribution in [2.45, 2.75) is 26.2 Å². The Labute approximate surface area is 289 Å². The third-order valence-corrected chi connectivity index (χ3v) is 8.36. The molecule has 8 N–H and O–H groups in total. The highest BCUT2D eigenvalue weighted by Gasteiger charge is 2.21. The third kappa shape index (κ3) is 8.13. The molecule has 13 heteroatoms. The molecule has 0 aromatic heterocycles. The minimum Gasteiger partial charge on any atom is -0.449 e. The Kier molecular flexibility index (Phi) is 10.4. The summed E-state index contributed by atoms with van der Waals surface area (Å²) in [5.41, 5.74) is 11.3. The second-order valence-corrected chi connectivity index (χ2v) is 11.9. The molecule has 0 heterocycles. The lowest BCUT2D eigenvalue weighted by molar-refractivity contribution is 0.160. The Bertz CT molecular complexity index is 1950. The molecule has 0 saturated carbocycles. The molecule has 0 fully saturated rings. The summed E-state index contributed by atoms with van der Waals surface area (Å²) in [5, 5.41) is 28.2. The number of urea groups is 3.